The topological polar surface area (TPSA) is 62.4 Å². The molecule has 0 saturated carbocycles. The molecule has 0 heterocycles. The van der Waals surface area contributed by atoms with Gasteiger partial charge in [0.2, 0.25) is 3.79 Å². The van der Waals surface area contributed by atoms with Crippen LogP contribution in [0.15, 0.2) is 54.6 Å². The number of hydrogen-bond acceptors (Lipinski definition) is 3. The van der Waals surface area contributed by atoms with E-state index in [1.807, 2.05) is 30.3 Å². The Morgan fingerprint density at radius 3 is 2.27 bits per heavy atom. The normalized spacial score (nSPS) is 12.0. The molecule has 5 nitrogen and oxygen atoms in total. The average molecular weight is 433 g/mol. The molecule has 0 spiro atoms. The van der Waals surface area contributed by atoms with E-state index in [4.69, 9.17) is 51.8 Å². The molecule has 0 radical (unpaired) electrons. The molecule has 0 fully saturated rings. The van der Waals surface area contributed by atoms with Gasteiger partial charge in [-0.05, 0) is 36.5 Å². The molecule has 1 atom stereocenters. The lowest BCUT2D eigenvalue weighted by atomic mass is 10.2. The fourth-order valence-electron chi connectivity index (χ4n) is 2.06. The maximum absolute atomic E-state index is 12.6. The number of nitrogens with one attached hydrogen (secondary N) is 3. The molecular formula is C17H16Cl3N3O2S. The van der Waals surface area contributed by atoms with Gasteiger partial charge in [0.1, 0.15) is 11.9 Å². The van der Waals surface area contributed by atoms with Gasteiger partial charge >= 0.3 is 0 Å². The molecule has 26 heavy (non-hydrogen) atoms. The Bertz CT molecular complexity index is 769. The standard InChI is InChI=1S/C17H16Cl3N3O2S/c1-25-13-10-6-5-9-12(13)14(24)22-15(17(18,19)20)23-16(26)21-11-7-3-2-4-8-11/h2-10,15H,1H3,(H,22,24)(H2,21,23,26)/t15-/m1/s1. The summed E-state index contributed by atoms with van der Waals surface area (Å²) in [4.78, 5) is 12.6. The molecule has 0 unspecified atom stereocenters. The van der Waals surface area contributed by atoms with Crippen LogP contribution >= 0.6 is 47.0 Å². The van der Waals surface area contributed by atoms with Crippen LogP contribution in [0.3, 0.4) is 0 Å². The van der Waals surface area contributed by atoms with Gasteiger partial charge in [-0.3, -0.25) is 4.79 Å². The van der Waals surface area contributed by atoms with Crippen LogP contribution in [0.25, 0.3) is 0 Å². The van der Waals surface area contributed by atoms with Gasteiger partial charge in [-0.25, -0.2) is 0 Å². The zero-order valence-corrected chi connectivity index (χ0v) is 16.7. The van der Waals surface area contributed by atoms with Crippen molar-refractivity contribution in [3.63, 3.8) is 0 Å². The Morgan fingerprint density at radius 1 is 1.04 bits per heavy atom. The predicted molar refractivity (Wildman–Crippen MR) is 110 cm³/mol. The van der Waals surface area contributed by atoms with Crippen LogP contribution in [-0.4, -0.2) is 28.1 Å². The number of ether oxygens (including phenoxy) is 1. The zero-order chi connectivity index (χ0) is 19.2. The summed E-state index contributed by atoms with van der Waals surface area (Å²) in [6.07, 6.45) is -1.08. The van der Waals surface area contributed by atoms with Crippen molar-refractivity contribution in [1.82, 2.24) is 10.6 Å². The first-order valence-corrected chi connectivity index (χ1v) is 8.98. The summed E-state index contributed by atoms with van der Waals surface area (Å²) in [5.74, 6) is -0.0770. The summed E-state index contributed by atoms with van der Waals surface area (Å²) in [5, 5.41) is 8.54. The molecule has 0 bridgehead atoms. The Balaban J connectivity index is 2.10. The van der Waals surface area contributed by atoms with Gasteiger partial charge in [0.15, 0.2) is 5.11 Å². The van der Waals surface area contributed by atoms with Gasteiger partial charge in [-0.1, -0.05) is 65.1 Å². The fraction of sp³-hybridized carbons (Fsp3) is 0.176. The van der Waals surface area contributed by atoms with E-state index in [0.717, 1.165) is 5.69 Å². The number of amides is 1. The second-order valence-electron chi connectivity index (χ2n) is 5.11. The molecule has 138 valence electrons. The lowest BCUT2D eigenvalue weighted by Gasteiger charge is -2.28. The van der Waals surface area contributed by atoms with Crippen LogP contribution < -0.4 is 20.7 Å². The number of thiocarbonyl (C=S) groups is 1. The molecule has 0 aromatic heterocycles. The number of hydrogen-bond donors (Lipinski definition) is 3. The number of halogens is 3. The number of methoxy groups -OCH3 is 1. The number of rotatable bonds is 5. The smallest absolute Gasteiger partial charge is 0.256 e. The fourth-order valence-corrected chi connectivity index (χ4v) is 2.62. The van der Waals surface area contributed by atoms with E-state index in [1.54, 1.807) is 24.3 Å². The minimum absolute atomic E-state index is 0.188. The van der Waals surface area contributed by atoms with Crippen molar-refractivity contribution in [2.24, 2.45) is 0 Å². The lowest BCUT2D eigenvalue weighted by Crippen LogP contribution is -2.56. The number of anilines is 1. The number of para-hydroxylation sites is 2. The molecule has 0 aliphatic carbocycles. The number of carbonyl (C=O) groups is 1. The van der Waals surface area contributed by atoms with Crippen molar-refractivity contribution in [3.05, 3.63) is 60.2 Å². The summed E-state index contributed by atoms with van der Waals surface area (Å²) in [7, 11) is 1.47. The van der Waals surface area contributed by atoms with E-state index in [-0.39, 0.29) is 5.11 Å². The van der Waals surface area contributed by atoms with Gasteiger partial charge in [0.25, 0.3) is 5.91 Å². The molecule has 2 aromatic carbocycles. The van der Waals surface area contributed by atoms with Gasteiger partial charge in [0, 0.05) is 5.69 Å². The van der Waals surface area contributed by atoms with Crippen LogP contribution in [0.2, 0.25) is 0 Å². The van der Waals surface area contributed by atoms with E-state index in [9.17, 15) is 4.79 Å². The first kappa shape index (κ1) is 20.6. The largest absolute Gasteiger partial charge is 0.496 e. The van der Waals surface area contributed by atoms with E-state index in [1.165, 1.54) is 7.11 Å². The Morgan fingerprint density at radius 2 is 1.65 bits per heavy atom. The third-order valence-corrected chi connectivity index (χ3v) is 4.14. The molecular weight excluding hydrogens is 417 g/mol. The number of benzene rings is 2. The molecule has 2 aromatic rings. The van der Waals surface area contributed by atoms with Gasteiger partial charge in [0.05, 0.1) is 12.7 Å². The molecule has 1 amide bonds. The van der Waals surface area contributed by atoms with Crippen LogP contribution in [0.4, 0.5) is 5.69 Å². The molecule has 2 rings (SSSR count). The predicted octanol–water partition coefficient (Wildman–Crippen LogP) is 4.11. The minimum atomic E-state index is -1.85. The number of alkyl halides is 3. The maximum Gasteiger partial charge on any atom is 0.256 e. The Labute approximate surface area is 172 Å². The summed E-state index contributed by atoms with van der Waals surface area (Å²) >= 11 is 23.2. The molecule has 3 N–H and O–H groups in total. The van der Waals surface area contributed by atoms with Crippen LogP contribution in [0.1, 0.15) is 10.4 Å². The zero-order valence-electron chi connectivity index (χ0n) is 13.6. The minimum Gasteiger partial charge on any atom is -0.496 e. The highest BCUT2D eigenvalue weighted by atomic mass is 35.6. The van der Waals surface area contributed by atoms with Gasteiger partial charge < -0.3 is 20.7 Å². The number of carbonyl (C=O) groups excluding carboxylic acids is 1. The lowest BCUT2D eigenvalue weighted by molar-refractivity contribution is 0.0931. The van der Waals surface area contributed by atoms with Crippen molar-refractivity contribution in [2.45, 2.75) is 9.96 Å². The molecule has 0 saturated heterocycles. The third-order valence-electron chi connectivity index (χ3n) is 3.26. The van der Waals surface area contributed by atoms with Crippen LogP contribution in [0.5, 0.6) is 5.75 Å². The van der Waals surface area contributed by atoms with Gasteiger partial charge in [-0.15, -0.1) is 0 Å². The third kappa shape index (κ3) is 5.92. The average Bonchev–Trinajstić information content (AvgIpc) is 2.61. The van der Waals surface area contributed by atoms with Crippen molar-refractivity contribution >= 4 is 63.7 Å². The summed E-state index contributed by atoms with van der Waals surface area (Å²) in [6.45, 7) is 0. The van der Waals surface area contributed by atoms with Crippen LogP contribution in [0, 0.1) is 0 Å². The Hall–Kier alpha value is -1.73. The van der Waals surface area contributed by atoms with Crippen molar-refractivity contribution < 1.29 is 9.53 Å². The van der Waals surface area contributed by atoms with Crippen molar-refractivity contribution in [2.75, 3.05) is 12.4 Å². The maximum atomic E-state index is 12.6. The monoisotopic (exact) mass is 431 g/mol. The second kappa shape index (κ2) is 9.28. The van der Waals surface area contributed by atoms with Gasteiger partial charge in [-0.2, -0.15) is 0 Å². The summed E-state index contributed by atoms with van der Waals surface area (Å²) < 4.78 is 3.33. The highest BCUT2D eigenvalue weighted by Crippen LogP contribution is 2.29. The highest BCUT2D eigenvalue weighted by molar-refractivity contribution is 7.80. The van der Waals surface area contributed by atoms with Crippen molar-refractivity contribution in [3.8, 4) is 5.75 Å². The first-order valence-electron chi connectivity index (χ1n) is 7.44. The quantitative estimate of drug-likeness (QED) is 0.377. The van der Waals surface area contributed by atoms with E-state index >= 15 is 0 Å². The van der Waals surface area contributed by atoms with Crippen LogP contribution in [-0.2, 0) is 0 Å². The SMILES string of the molecule is COc1ccccc1C(=O)N[C@H](NC(=S)Nc1ccccc1)C(Cl)(Cl)Cl. The molecule has 9 heteroatoms. The second-order valence-corrected chi connectivity index (χ2v) is 7.89. The Kier molecular flexibility index (Phi) is 7.34. The van der Waals surface area contributed by atoms with E-state index in [2.05, 4.69) is 16.0 Å². The van der Waals surface area contributed by atoms with E-state index < -0.39 is 15.9 Å². The summed E-state index contributed by atoms with van der Waals surface area (Å²) in [5.41, 5.74) is 1.06. The van der Waals surface area contributed by atoms with Crippen molar-refractivity contribution in [1.29, 1.82) is 0 Å². The molecule has 0 aliphatic rings. The highest BCUT2D eigenvalue weighted by Gasteiger charge is 2.35. The first-order chi connectivity index (χ1) is 12.3. The van der Waals surface area contributed by atoms with E-state index in [0.29, 0.717) is 11.3 Å². The molecule has 0 aliphatic heterocycles. The summed E-state index contributed by atoms with van der Waals surface area (Å²) in [6, 6.07) is 15.9.